The fourth-order valence-corrected chi connectivity index (χ4v) is 2.67. The average molecular weight is 328 g/mol. The Kier molecular flexibility index (Phi) is 5.01. The predicted molar refractivity (Wildman–Crippen MR) is 88.5 cm³/mol. The zero-order valence-electron chi connectivity index (χ0n) is 13.3. The number of ketones is 1. The van der Waals surface area contributed by atoms with Crippen LogP contribution in [0.3, 0.4) is 0 Å². The molecule has 2 N–H and O–H groups in total. The third-order valence-corrected chi connectivity index (χ3v) is 3.98. The molecule has 2 aromatic carbocycles. The van der Waals surface area contributed by atoms with Crippen LogP contribution in [0.4, 0.5) is 0 Å². The maximum Gasteiger partial charge on any atom is 0.199 e. The lowest BCUT2D eigenvalue weighted by atomic mass is 10.0. The molecule has 1 heterocycles. The monoisotopic (exact) mass is 328 g/mol. The molecule has 24 heavy (non-hydrogen) atoms. The largest absolute Gasteiger partial charge is 0.508 e. The zero-order valence-corrected chi connectivity index (χ0v) is 13.3. The first-order valence-corrected chi connectivity index (χ1v) is 8.04. The summed E-state index contributed by atoms with van der Waals surface area (Å²) in [7, 11) is 0. The molecule has 1 aliphatic heterocycles. The molecule has 1 aliphatic rings. The van der Waals surface area contributed by atoms with Gasteiger partial charge in [0.05, 0.1) is 12.2 Å². The molecule has 126 valence electrons. The van der Waals surface area contributed by atoms with E-state index in [-0.39, 0.29) is 35.6 Å². The van der Waals surface area contributed by atoms with Crippen molar-refractivity contribution in [3.05, 3.63) is 53.6 Å². The lowest BCUT2D eigenvalue weighted by Gasteiger charge is -2.23. The van der Waals surface area contributed by atoms with Crippen molar-refractivity contribution < 1.29 is 24.5 Å². The van der Waals surface area contributed by atoms with Gasteiger partial charge in [0, 0.05) is 18.9 Å². The van der Waals surface area contributed by atoms with Gasteiger partial charge in [0.2, 0.25) is 0 Å². The van der Waals surface area contributed by atoms with E-state index in [0.29, 0.717) is 12.4 Å². The Bertz CT molecular complexity index is 702. The SMILES string of the molecule is O=C(Cc1ccc(O)cc1)c1ccc(OC2CCCCO2)cc1O. The third kappa shape index (κ3) is 4.06. The Morgan fingerprint density at radius 1 is 1.12 bits per heavy atom. The number of phenolic OH excluding ortho intramolecular Hbond substituents is 2. The molecule has 1 atom stereocenters. The van der Waals surface area contributed by atoms with Crippen LogP contribution in [0.5, 0.6) is 17.2 Å². The van der Waals surface area contributed by atoms with Crippen LogP contribution in [-0.2, 0) is 11.2 Å². The molecule has 0 spiro atoms. The molecule has 5 heteroatoms. The van der Waals surface area contributed by atoms with Crippen LogP contribution in [0.15, 0.2) is 42.5 Å². The lowest BCUT2D eigenvalue weighted by Crippen LogP contribution is -2.24. The van der Waals surface area contributed by atoms with Crippen molar-refractivity contribution in [3.63, 3.8) is 0 Å². The minimum absolute atomic E-state index is 0.105. The third-order valence-electron chi connectivity index (χ3n) is 3.98. The van der Waals surface area contributed by atoms with E-state index >= 15 is 0 Å². The van der Waals surface area contributed by atoms with Gasteiger partial charge < -0.3 is 19.7 Å². The Morgan fingerprint density at radius 2 is 1.92 bits per heavy atom. The van der Waals surface area contributed by atoms with Gasteiger partial charge in [0.15, 0.2) is 12.1 Å². The molecule has 2 aromatic rings. The van der Waals surface area contributed by atoms with E-state index in [4.69, 9.17) is 9.47 Å². The second-order valence-electron chi connectivity index (χ2n) is 5.86. The van der Waals surface area contributed by atoms with Crippen LogP contribution in [0.25, 0.3) is 0 Å². The van der Waals surface area contributed by atoms with Crippen LogP contribution < -0.4 is 4.74 Å². The zero-order chi connectivity index (χ0) is 16.9. The standard InChI is InChI=1S/C19H20O5/c20-14-6-4-13(5-7-14)11-17(21)16-9-8-15(12-18(16)22)24-19-3-1-2-10-23-19/h4-9,12,19-20,22H,1-3,10-11H2. The van der Waals surface area contributed by atoms with Crippen LogP contribution >= 0.6 is 0 Å². The summed E-state index contributed by atoms with van der Waals surface area (Å²) in [6.45, 7) is 0.680. The van der Waals surface area contributed by atoms with E-state index in [1.807, 2.05) is 0 Å². The van der Waals surface area contributed by atoms with Gasteiger partial charge in [-0.3, -0.25) is 4.79 Å². The highest BCUT2D eigenvalue weighted by molar-refractivity contribution is 6.00. The highest BCUT2D eigenvalue weighted by Gasteiger charge is 2.17. The molecular formula is C19H20O5. The van der Waals surface area contributed by atoms with E-state index in [1.165, 1.54) is 18.2 Å². The molecule has 0 saturated carbocycles. The quantitative estimate of drug-likeness (QED) is 0.823. The minimum Gasteiger partial charge on any atom is -0.508 e. The summed E-state index contributed by atoms with van der Waals surface area (Å²) < 4.78 is 11.2. The van der Waals surface area contributed by atoms with E-state index in [9.17, 15) is 15.0 Å². The smallest absolute Gasteiger partial charge is 0.199 e. The molecule has 3 rings (SSSR count). The Labute approximate surface area is 140 Å². The Hall–Kier alpha value is -2.53. The van der Waals surface area contributed by atoms with Gasteiger partial charge >= 0.3 is 0 Å². The summed E-state index contributed by atoms with van der Waals surface area (Å²) in [5, 5.41) is 19.4. The Morgan fingerprint density at radius 3 is 2.58 bits per heavy atom. The van der Waals surface area contributed by atoms with Crippen molar-refractivity contribution in [1.29, 1.82) is 0 Å². The van der Waals surface area contributed by atoms with Crippen molar-refractivity contribution in [3.8, 4) is 17.2 Å². The van der Waals surface area contributed by atoms with Gasteiger partial charge in [-0.15, -0.1) is 0 Å². The van der Waals surface area contributed by atoms with Crippen LogP contribution in [0, 0.1) is 0 Å². The number of ether oxygens (including phenoxy) is 2. The second kappa shape index (κ2) is 7.36. The van der Waals surface area contributed by atoms with Crippen LogP contribution in [-0.4, -0.2) is 28.9 Å². The van der Waals surface area contributed by atoms with Gasteiger partial charge in [-0.25, -0.2) is 0 Å². The number of carbonyl (C=O) groups is 1. The van der Waals surface area contributed by atoms with Crippen molar-refractivity contribution in [2.45, 2.75) is 32.0 Å². The van der Waals surface area contributed by atoms with Crippen molar-refractivity contribution in [2.24, 2.45) is 0 Å². The normalized spacial score (nSPS) is 17.4. The number of carbonyl (C=O) groups excluding carboxylic acids is 1. The maximum absolute atomic E-state index is 12.3. The first-order chi connectivity index (χ1) is 11.6. The molecule has 0 bridgehead atoms. The van der Waals surface area contributed by atoms with Crippen LogP contribution in [0.2, 0.25) is 0 Å². The van der Waals surface area contributed by atoms with Gasteiger partial charge in [-0.05, 0) is 42.7 Å². The number of rotatable bonds is 5. The number of hydrogen-bond acceptors (Lipinski definition) is 5. The molecule has 0 amide bonds. The lowest BCUT2D eigenvalue weighted by molar-refractivity contribution is -0.105. The molecule has 0 aromatic heterocycles. The van der Waals surface area contributed by atoms with Gasteiger partial charge in [0.1, 0.15) is 17.2 Å². The van der Waals surface area contributed by atoms with Crippen molar-refractivity contribution in [1.82, 2.24) is 0 Å². The van der Waals surface area contributed by atoms with Gasteiger partial charge in [0.25, 0.3) is 0 Å². The van der Waals surface area contributed by atoms with E-state index in [2.05, 4.69) is 0 Å². The number of phenols is 2. The van der Waals surface area contributed by atoms with E-state index in [1.54, 1.807) is 24.3 Å². The molecule has 1 saturated heterocycles. The number of Topliss-reactive ketones (excluding diaryl/α,β-unsaturated/α-hetero) is 1. The van der Waals surface area contributed by atoms with Crippen LogP contribution in [0.1, 0.15) is 35.2 Å². The molecular weight excluding hydrogens is 308 g/mol. The second-order valence-corrected chi connectivity index (χ2v) is 5.86. The fraction of sp³-hybridized carbons (Fsp3) is 0.316. The van der Waals surface area contributed by atoms with E-state index in [0.717, 1.165) is 24.8 Å². The fourth-order valence-electron chi connectivity index (χ4n) is 2.67. The molecule has 0 radical (unpaired) electrons. The minimum atomic E-state index is -0.295. The maximum atomic E-state index is 12.3. The summed E-state index contributed by atoms with van der Waals surface area (Å²) >= 11 is 0. The summed E-state index contributed by atoms with van der Waals surface area (Å²) in [5.41, 5.74) is 1.02. The molecule has 0 aliphatic carbocycles. The first kappa shape index (κ1) is 16.3. The summed E-state index contributed by atoms with van der Waals surface area (Å²) in [5.74, 6) is 0.340. The summed E-state index contributed by atoms with van der Waals surface area (Å²) in [6.07, 6.45) is 2.77. The molecule has 1 unspecified atom stereocenters. The number of hydrogen-bond donors (Lipinski definition) is 2. The van der Waals surface area contributed by atoms with Crippen molar-refractivity contribution in [2.75, 3.05) is 6.61 Å². The topological polar surface area (TPSA) is 76.0 Å². The van der Waals surface area contributed by atoms with Crippen molar-refractivity contribution >= 4 is 5.78 Å². The Balaban J connectivity index is 1.67. The summed E-state index contributed by atoms with van der Waals surface area (Å²) in [4.78, 5) is 12.3. The van der Waals surface area contributed by atoms with Gasteiger partial charge in [-0.2, -0.15) is 0 Å². The molecule has 1 fully saturated rings. The first-order valence-electron chi connectivity index (χ1n) is 8.04. The van der Waals surface area contributed by atoms with Gasteiger partial charge in [-0.1, -0.05) is 12.1 Å². The summed E-state index contributed by atoms with van der Waals surface area (Å²) in [6, 6.07) is 11.1. The highest BCUT2D eigenvalue weighted by Crippen LogP contribution is 2.27. The molecule has 5 nitrogen and oxygen atoms in total. The van der Waals surface area contributed by atoms with E-state index < -0.39 is 0 Å². The average Bonchev–Trinajstić information content (AvgIpc) is 2.58. The number of benzene rings is 2. The number of aromatic hydroxyl groups is 2. The predicted octanol–water partition coefficient (Wildman–Crippen LogP) is 3.43. The highest BCUT2D eigenvalue weighted by atomic mass is 16.7.